The normalized spacial score (nSPS) is 16.4. The van der Waals surface area contributed by atoms with Crippen LogP contribution in [0.2, 0.25) is 0 Å². The van der Waals surface area contributed by atoms with E-state index in [1.807, 2.05) is 20.8 Å². The first-order chi connectivity index (χ1) is 17.8. The molecule has 12 heteroatoms. The number of benzene rings is 1. The van der Waals surface area contributed by atoms with E-state index in [9.17, 15) is 30.7 Å². The van der Waals surface area contributed by atoms with Gasteiger partial charge in [-0.15, -0.1) is 0 Å². The molecule has 1 heterocycles. The van der Waals surface area contributed by atoms with Gasteiger partial charge in [0, 0.05) is 11.1 Å². The van der Waals surface area contributed by atoms with Gasteiger partial charge in [-0.1, -0.05) is 48.0 Å². The third kappa shape index (κ3) is 25.3. The van der Waals surface area contributed by atoms with Crippen LogP contribution in [0.25, 0.3) is 0 Å². The Labute approximate surface area is 232 Å². The number of ether oxygens (including phenoxy) is 2. The van der Waals surface area contributed by atoms with E-state index >= 15 is 0 Å². The minimum atomic E-state index is -3.99. The van der Waals surface area contributed by atoms with E-state index in [0.717, 1.165) is 20.3 Å². The predicted octanol–water partition coefficient (Wildman–Crippen LogP) is 10.0. The van der Waals surface area contributed by atoms with Gasteiger partial charge in [-0.2, -0.15) is 26.5 Å². The number of unbranched alkanes of at least 4 members (excludes halogenated alkanes) is 1. The van der Waals surface area contributed by atoms with E-state index in [0.29, 0.717) is 19.0 Å². The van der Waals surface area contributed by atoms with Crippen LogP contribution in [0.1, 0.15) is 106 Å². The van der Waals surface area contributed by atoms with Crippen molar-refractivity contribution in [1.29, 1.82) is 0 Å². The molecule has 1 saturated heterocycles. The van der Waals surface area contributed by atoms with Crippen LogP contribution in [0.5, 0.6) is 0 Å². The summed E-state index contributed by atoms with van der Waals surface area (Å²) in [5, 5.41) is 8.36. The van der Waals surface area contributed by atoms with Gasteiger partial charge in [0.05, 0.1) is 24.2 Å². The number of aliphatic hydroxyl groups excluding tert-OH is 1. The second-order valence-electron chi connectivity index (χ2n) is 9.00. The third-order valence-corrected chi connectivity index (χ3v) is 5.20. The van der Waals surface area contributed by atoms with Crippen molar-refractivity contribution in [2.45, 2.75) is 133 Å². The Hall–Kier alpha value is -3.39. The topological polar surface area (TPSA) is 38.7 Å². The molecule has 1 aliphatic rings. The van der Waals surface area contributed by atoms with Crippen LogP contribution in [0.4, 0.5) is 30.7 Å². The van der Waals surface area contributed by atoms with Gasteiger partial charge in [0.1, 0.15) is 6.79 Å². The molecule has 4 unspecified atom stereocenters. The van der Waals surface area contributed by atoms with Crippen LogP contribution in [-0.2, 0) is 9.47 Å². The number of aliphatic hydroxyl groups is 1. The minimum absolute atomic E-state index is 0. The maximum absolute atomic E-state index is 12.7. The monoisotopic (exact) mass is 1120 g/mol. The van der Waals surface area contributed by atoms with Crippen molar-refractivity contribution in [1.82, 2.24) is 0 Å². The van der Waals surface area contributed by atoms with Gasteiger partial charge in [0.25, 0.3) is 0 Å². The molecule has 4 atom stereocenters. The molecular formula is C29H52F7O3Rf2-. The standard InChI is InChI=1S/C8H6F4.C5H9F3.C5H10O2.C4H10O.C4H9.C3H8.2Rf/c1-3-5(9)7(11)4(2)8(12)6(3)10;1-3-4(2)5(6,7)8;1-4-5(2)7-3-6-4;1-3-4(2)5;1-3-4-2;1-3-2;;/h1-2H3;4H,3H2,1-2H3;4-5H,3H2,1-2H3;4-5H,3H2,1-2H3;3H,4H2,1-2H3;3H2,1-2H3;;/q;;;;-1;;;. The van der Waals surface area contributed by atoms with Crippen molar-refractivity contribution >= 4 is 0 Å². The van der Waals surface area contributed by atoms with E-state index in [4.69, 9.17) is 14.6 Å². The van der Waals surface area contributed by atoms with Gasteiger partial charge in [-0.05, 0) is 47.5 Å². The summed E-state index contributed by atoms with van der Waals surface area (Å²) in [5.41, 5.74) is -1.26. The van der Waals surface area contributed by atoms with E-state index < -0.39 is 46.5 Å². The van der Waals surface area contributed by atoms with E-state index in [2.05, 4.69) is 34.1 Å². The molecule has 41 heavy (non-hydrogen) atoms. The Balaban J connectivity index is -0.0000000942. The Kier molecular flexibility index (Phi) is 34.6. The zero-order valence-electron chi connectivity index (χ0n) is 27.2. The van der Waals surface area contributed by atoms with Crippen LogP contribution in [-0.4, -0.2) is 36.4 Å². The van der Waals surface area contributed by atoms with Gasteiger partial charge in [0.15, 0.2) is 23.3 Å². The fourth-order valence-corrected chi connectivity index (χ4v) is 1.61. The van der Waals surface area contributed by atoms with Gasteiger partial charge in [-0.25, -0.2) is 17.6 Å². The SMILES string of the molecule is CC1OCOC1C.CCC.CCC(C)C(F)(F)F.CCC(C)O.C[CH-]CC.Cc1c(F)c(F)c(C)c(F)c1F.[Rf].[Rf]. The maximum atomic E-state index is 12.7. The number of hydrogen-bond donors (Lipinski definition) is 1. The molecule has 0 spiro atoms. The summed E-state index contributed by atoms with van der Waals surface area (Å²) in [4.78, 5) is 0. The Morgan fingerprint density at radius 3 is 1.10 bits per heavy atom. The molecular weight excluding hydrogens is 1060 g/mol. The number of alkyl halides is 3. The van der Waals surface area contributed by atoms with Crippen LogP contribution >= 0.6 is 0 Å². The quantitative estimate of drug-likeness (QED) is 0.186. The zero-order valence-corrected chi connectivity index (χ0v) is 40.0. The Bertz CT molecular complexity index is 608. The van der Waals surface area contributed by atoms with Crippen molar-refractivity contribution in [2.24, 2.45) is 5.92 Å². The second-order valence-corrected chi connectivity index (χ2v) is 9.00. The van der Waals surface area contributed by atoms with Gasteiger partial charge in [-0.3, -0.25) is 0 Å². The first-order valence-electron chi connectivity index (χ1n) is 13.4. The molecule has 0 aliphatic carbocycles. The molecule has 0 saturated carbocycles. The summed E-state index contributed by atoms with van der Waals surface area (Å²) in [6.45, 7) is 21.3. The van der Waals surface area contributed by atoms with Gasteiger partial charge >= 0.3 is 6.18 Å². The largest absolute Gasteiger partial charge is 0.393 e. The van der Waals surface area contributed by atoms with E-state index in [-0.39, 0.29) is 12.5 Å². The molecule has 1 aromatic carbocycles. The Morgan fingerprint density at radius 2 is 1.02 bits per heavy atom. The fourth-order valence-electron chi connectivity index (χ4n) is 1.61. The van der Waals surface area contributed by atoms with Crippen LogP contribution in [0.15, 0.2) is 0 Å². The first kappa shape index (κ1) is 50.4. The van der Waals surface area contributed by atoms with E-state index in [1.165, 1.54) is 26.7 Å². The molecule has 0 bridgehead atoms. The molecule has 0 amide bonds. The molecule has 0 aromatic heterocycles. The molecule has 2 rings (SSSR count). The third-order valence-electron chi connectivity index (χ3n) is 5.20. The number of rotatable bonds is 3. The van der Waals surface area contributed by atoms with Crippen LogP contribution < -0.4 is 0 Å². The molecule has 3 nitrogen and oxygen atoms in total. The minimum Gasteiger partial charge on any atom is -0.393 e. The van der Waals surface area contributed by atoms with Crippen molar-refractivity contribution in [3.05, 3.63) is 40.8 Å². The zero-order chi connectivity index (χ0) is 31.9. The molecule has 1 aromatic rings. The van der Waals surface area contributed by atoms with Crippen molar-refractivity contribution in [2.75, 3.05) is 6.79 Å². The van der Waals surface area contributed by atoms with E-state index in [1.54, 1.807) is 6.92 Å². The Morgan fingerprint density at radius 1 is 0.780 bits per heavy atom. The summed E-state index contributed by atoms with van der Waals surface area (Å²) >= 11 is 0. The predicted molar refractivity (Wildman–Crippen MR) is 145 cm³/mol. The van der Waals surface area contributed by atoms with Gasteiger partial charge in [0.2, 0.25) is 0 Å². The van der Waals surface area contributed by atoms with Crippen LogP contribution in [0.3, 0.4) is 0 Å². The van der Waals surface area contributed by atoms with Gasteiger partial charge < -0.3 is 21.0 Å². The molecule has 1 N–H and O–H groups in total. The maximum Gasteiger partial charge on any atom is 0.391 e. The molecule has 240 valence electrons. The number of hydrogen-bond acceptors (Lipinski definition) is 3. The molecule has 0 radical (unpaired) electrons. The summed E-state index contributed by atoms with van der Waals surface area (Å²) in [5.74, 6) is -6.46. The summed E-state index contributed by atoms with van der Waals surface area (Å²) in [7, 11) is 0. The van der Waals surface area contributed by atoms with Crippen molar-refractivity contribution in [3.63, 3.8) is 0 Å². The second kappa shape index (κ2) is 28.1. The summed E-state index contributed by atoms with van der Waals surface area (Å²) in [6.07, 6.45) is 2.08. The first-order valence-corrected chi connectivity index (χ1v) is 13.4. The van der Waals surface area contributed by atoms with Crippen molar-refractivity contribution < 1.29 is 45.3 Å². The van der Waals surface area contributed by atoms with Crippen molar-refractivity contribution in [3.8, 4) is 0 Å². The molecule has 1 fully saturated rings. The number of halogens is 7. The van der Waals surface area contributed by atoms with Crippen LogP contribution in [0, 0.1) is 49.5 Å². The average molecular weight is 1120 g/mol. The average Bonchev–Trinajstić information content (AvgIpc) is 3.27. The fraction of sp³-hybridized carbons (Fsp3) is 0.759. The smallest absolute Gasteiger partial charge is 0.391 e. The molecule has 1 aliphatic heterocycles. The summed E-state index contributed by atoms with van der Waals surface area (Å²) in [6, 6.07) is 0. The summed E-state index contributed by atoms with van der Waals surface area (Å²) < 4.78 is 95.0.